The third-order valence-electron chi connectivity index (χ3n) is 5.97. The van der Waals surface area contributed by atoms with Gasteiger partial charge >= 0.3 is 0 Å². The summed E-state index contributed by atoms with van der Waals surface area (Å²) in [6.07, 6.45) is 6.89. The molecule has 0 bridgehead atoms. The van der Waals surface area contributed by atoms with E-state index >= 15 is 0 Å². The van der Waals surface area contributed by atoms with Gasteiger partial charge in [-0.05, 0) is 51.5 Å². The third-order valence-corrected chi connectivity index (χ3v) is 5.97. The van der Waals surface area contributed by atoms with Crippen molar-refractivity contribution in [1.29, 1.82) is 0 Å². The SMILES string of the molecule is Cc1noc2nc(C3CC3)cc(C(=O)N[C@@H]3CCC[C@H]4OCC[C@@H]34)c12. The monoisotopic (exact) mass is 341 g/mol. The zero-order valence-corrected chi connectivity index (χ0v) is 14.5. The highest BCUT2D eigenvalue weighted by Gasteiger charge is 2.38. The van der Waals surface area contributed by atoms with E-state index in [1.54, 1.807) is 0 Å². The van der Waals surface area contributed by atoms with Crippen LogP contribution in [0.2, 0.25) is 0 Å². The van der Waals surface area contributed by atoms with E-state index in [0.29, 0.717) is 29.2 Å². The fourth-order valence-electron chi connectivity index (χ4n) is 4.48. The maximum atomic E-state index is 13.1. The third kappa shape index (κ3) is 2.63. The van der Waals surface area contributed by atoms with Gasteiger partial charge in [-0.15, -0.1) is 0 Å². The second-order valence-electron chi connectivity index (χ2n) is 7.69. The molecule has 5 rings (SSSR count). The second-order valence-corrected chi connectivity index (χ2v) is 7.69. The van der Waals surface area contributed by atoms with Gasteiger partial charge in [0.05, 0.1) is 22.7 Å². The van der Waals surface area contributed by atoms with Gasteiger partial charge in [0.15, 0.2) is 0 Å². The minimum Gasteiger partial charge on any atom is -0.378 e. The number of nitrogens with zero attached hydrogens (tertiary/aromatic N) is 2. The molecule has 6 nitrogen and oxygen atoms in total. The molecule has 2 aromatic heterocycles. The largest absolute Gasteiger partial charge is 0.378 e. The van der Waals surface area contributed by atoms with Crippen molar-refractivity contribution >= 4 is 17.0 Å². The van der Waals surface area contributed by atoms with Crippen molar-refractivity contribution in [2.45, 2.75) is 63.5 Å². The molecule has 25 heavy (non-hydrogen) atoms. The van der Waals surface area contributed by atoms with Crippen LogP contribution in [0.4, 0.5) is 0 Å². The lowest BCUT2D eigenvalue weighted by atomic mass is 9.81. The molecule has 0 aromatic carbocycles. The first-order chi connectivity index (χ1) is 12.2. The number of carbonyl (C=O) groups is 1. The number of hydrogen-bond donors (Lipinski definition) is 1. The van der Waals surface area contributed by atoms with Crippen molar-refractivity contribution in [3.05, 3.63) is 23.0 Å². The van der Waals surface area contributed by atoms with Gasteiger partial charge in [0.1, 0.15) is 0 Å². The Balaban J connectivity index is 1.47. The summed E-state index contributed by atoms with van der Waals surface area (Å²) in [5.74, 6) is 0.878. The summed E-state index contributed by atoms with van der Waals surface area (Å²) in [6.45, 7) is 2.68. The number of pyridine rings is 1. The Morgan fingerprint density at radius 3 is 2.96 bits per heavy atom. The van der Waals surface area contributed by atoms with Crippen LogP contribution in [-0.4, -0.2) is 34.8 Å². The maximum Gasteiger partial charge on any atom is 0.259 e. The molecule has 1 aliphatic heterocycles. The number of fused-ring (bicyclic) bond motifs is 2. The van der Waals surface area contributed by atoms with Gasteiger partial charge in [0.25, 0.3) is 11.6 Å². The molecule has 0 spiro atoms. The molecule has 3 atom stereocenters. The summed E-state index contributed by atoms with van der Waals surface area (Å²) in [5.41, 5.74) is 2.82. The van der Waals surface area contributed by atoms with E-state index in [1.165, 1.54) is 0 Å². The van der Waals surface area contributed by atoms with Crippen LogP contribution in [0.15, 0.2) is 10.6 Å². The quantitative estimate of drug-likeness (QED) is 0.928. The standard InChI is InChI=1S/C19H23N3O3/c1-10-17-13(9-15(11-5-6-11)21-19(17)25-22-10)18(23)20-14-3-2-4-16-12(14)7-8-24-16/h9,11-12,14,16H,2-8H2,1H3,(H,20,23)/t12-,14+,16+/m0/s1. The number of carbonyl (C=O) groups excluding carboxylic acids is 1. The Kier molecular flexibility index (Phi) is 3.55. The molecule has 1 N–H and O–H groups in total. The van der Waals surface area contributed by atoms with Gasteiger partial charge in [0.2, 0.25) is 0 Å². The number of ether oxygens (including phenoxy) is 1. The molecule has 1 saturated heterocycles. The van der Waals surface area contributed by atoms with Crippen molar-refractivity contribution in [2.24, 2.45) is 5.92 Å². The molecule has 3 fully saturated rings. The number of aryl methyl sites for hydroxylation is 1. The lowest BCUT2D eigenvalue weighted by molar-refractivity contribution is 0.0510. The van der Waals surface area contributed by atoms with Crippen molar-refractivity contribution < 1.29 is 14.1 Å². The Morgan fingerprint density at radius 2 is 2.12 bits per heavy atom. The topological polar surface area (TPSA) is 77.2 Å². The van der Waals surface area contributed by atoms with Crippen LogP contribution in [0, 0.1) is 12.8 Å². The first kappa shape index (κ1) is 15.3. The Bertz CT molecular complexity index is 827. The maximum absolute atomic E-state index is 13.1. The van der Waals surface area contributed by atoms with E-state index in [4.69, 9.17) is 9.26 Å². The highest BCUT2D eigenvalue weighted by atomic mass is 16.5. The van der Waals surface area contributed by atoms with E-state index in [9.17, 15) is 4.79 Å². The minimum absolute atomic E-state index is 0.0295. The second kappa shape index (κ2) is 5.80. The van der Waals surface area contributed by atoms with Crippen LogP contribution in [0.3, 0.4) is 0 Å². The Labute approximate surface area is 146 Å². The average Bonchev–Trinajstić information content (AvgIpc) is 3.24. The van der Waals surface area contributed by atoms with Crippen LogP contribution in [-0.2, 0) is 4.74 Å². The average molecular weight is 341 g/mol. The summed E-state index contributed by atoms with van der Waals surface area (Å²) in [7, 11) is 0. The van der Waals surface area contributed by atoms with E-state index < -0.39 is 0 Å². The molecule has 2 aliphatic carbocycles. The van der Waals surface area contributed by atoms with Gasteiger partial charge in [-0.25, -0.2) is 4.98 Å². The Hall–Kier alpha value is -1.95. The molecular weight excluding hydrogens is 318 g/mol. The number of amides is 1. The summed E-state index contributed by atoms with van der Waals surface area (Å²) >= 11 is 0. The lowest BCUT2D eigenvalue weighted by Gasteiger charge is -2.33. The molecule has 3 aliphatic rings. The molecule has 132 valence electrons. The summed E-state index contributed by atoms with van der Waals surface area (Å²) in [5, 5.41) is 8.06. The fourth-order valence-corrected chi connectivity index (χ4v) is 4.48. The van der Waals surface area contributed by atoms with Gasteiger partial charge in [-0.1, -0.05) is 5.16 Å². The number of aromatic nitrogens is 2. The van der Waals surface area contributed by atoms with Crippen LogP contribution in [0.5, 0.6) is 0 Å². The van der Waals surface area contributed by atoms with Crippen molar-refractivity contribution in [1.82, 2.24) is 15.5 Å². The predicted molar refractivity (Wildman–Crippen MR) is 91.5 cm³/mol. The van der Waals surface area contributed by atoms with Crippen molar-refractivity contribution in [3.63, 3.8) is 0 Å². The van der Waals surface area contributed by atoms with Crippen molar-refractivity contribution in [3.8, 4) is 0 Å². The summed E-state index contributed by atoms with van der Waals surface area (Å²) in [6, 6.07) is 2.15. The Morgan fingerprint density at radius 1 is 1.24 bits per heavy atom. The van der Waals surface area contributed by atoms with E-state index in [1.807, 2.05) is 13.0 Å². The first-order valence-electron chi connectivity index (χ1n) is 9.40. The zero-order chi connectivity index (χ0) is 17.0. The summed E-state index contributed by atoms with van der Waals surface area (Å²) < 4.78 is 11.2. The predicted octanol–water partition coefficient (Wildman–Crippen LogP) is 3.10. The normalized spacial score (nSPS) is 28.9. The molecule has 0 unspecified atom stereocenters. The smallest absolute Gasteiger partial charge is 0.259 e. The van der Waals surface area contributed by atoms with Crippen LogP contribution in [0.25, 0.3) is 11.1 Å². The van der Waals surface area contributed by atoms with Gasteiger partial charge in [-0.3, -0.25) is 4.79 Å². The van der Waals surface area contributed by atoms with Gasteiger partial charge in [0, 0.05) is 30.2 Å². The molecule has 2 aromatic rings. The van der Waals surface area contributed by atoms with E-state index in [0.717, 1.165) is 61.9 Å². The van der Waals surface area contributed by atoms with Crippen molar-refractivity contribution in [2.75, 3.05) is 6.61 Å². The number of nitrogens with one attached hydrogen (secondary N) is 1. The number of hydrogen-bond acceptors (Lipinski definition) is 5. The van der Waals surface area contributed by atoms with E-state index in [2.05, 4.69) is 15.5 Å². The first-order valence-corrected chi connectivity index (χ1v) is 9.40. The van der Waals surface area contributed by atoms with Crippen LogP contribution in [0.1, 0.15) is 66.2 Å². The highest BCUT2D eigenvalue weighted by molar-refractivity contribution is 6.06. The molecule has 1 amide bonds. The molecule has 2 saturated carbocycles. The van der Waals surface area contributed by atoms with Gasteiger partial charge in [-0.2, -0.15) is 0 Å². The van der Waals surface area contributed by atoms with E-state index in [-0.39, 0.29) is 11.9 Å². The van der Waals surface area contributed by atoms with Crippen LogP contribution < -0.4 is 5.32 Å². The van der Waals surface area contributed by atoms with Crippen LogP contribution >= 0.6 is 0 Å². The molecular formula is C19H23N3O3. The minimum atomic E-state index is -0.0295. The summed E-state index contributed by atoms with van der Waals surface area (Å²) in [4.78, 5) is 17.7. The zero-order valence-electron chi connectivity index (χ0n) is 14.5. The molecule has 6 heteroatoms. The highest BCUT2D eigenvalue weighted by Crippen LogP contribution is 2.40. The van der Waals surface area contributed by atoms with Gasteiger partial charge < -0.3 is 14.6 Å². The molecule has 0 radical (unpaired) electrons. The fraction of sp³-hybridized carbons (Fsp3) is 0.632. The number of rotatable bonds is 3. The lowest BCUT2D eigenvalue weighted by Crippen LogP contribution is -2.45. The molecule has 3 heterocycles.